The lowest BCUT2D eigenvalue weighted by Crippen LogP contribution is -2.16. The van der Waals surface area contributed by atoms with Crippen molar-refractivity contribution in [3.05, 3.63) is 58.1 Å². The van der Waals surface area contributed by atoms with Crippen LogP contribution in [0, 0.1) is 0 Å². The summed E-state index contributed by atoms with van der Waals surface area (Å²) in [5.41, 5.74) is 1.42. The van der Waals surface area contributed by atoms with E-state index in [4.69, 9.17) is 4.74 Å². The molecule has 0 radical (unpaired) electrons. The second-order valence-electron chi connectivity index (χ2n) is 5.33. The zero-order chi connectivity index (χ0) is 17.7. The van der Waals surface area contributed by atoms with Gasteiger partial charge in [0.05, 0.1) is 24.3 Å². The van der Waals surface area contributed by atoms with Gasteiger partial charge < -0.3 is 14.8 Å². The van der Waals surface area contributed by atoms with Crippen LogP contribution in [0.1, 0.15) is 34.6 Å². The number of nitrogens with one attached hydrogen (secondary N) is 1. The van der Waals surface area contributed by atoms with E-state index in [-0.39, 0.29) is 12.0 Å². The van der Waals surface area contributed by atoms with Crippen LogP contribution in [-0.4, -0.2) is 25.1 Å². The first-order valence-corrected chi connectivity index (χ1v) is 8.16. The standard InChI is InChI=1S/C18H18BrNO4/c1-11(2)24-16-9-6-13(19)10-15(16)17(21)20-14-7-4-12(5-8-14)18(22)23-3/h4-11H,1-3H3,(H,20,21). The quantitative estimate of drug-likeness (QED) is 0.772. The van der Waals surface area contributed by atoms with Crippen LogP contribution < -0.4 is 10.1 Å². The van der Waals surface area contributed by atoms with Gasteiger partial charge in [-0.2, -0.15) is 0 Å². The van der Waals surface area contributed by atoms with Gasteiger partial charge in [0.2, 0.25) is 0 Å². The molecule has 24 heavy (non-hydrogen) atoms. The molecule has 2 aromatic carbocycles. The summed E-state index contributed by atoms with van der Waals surface area (Å²) >= 11 is 3.36. The zero-order valence-corrected chi connectivity index (χ0v) is 15.2. The van der Waals surface area contributed by atoms with Gasteiger partial charge in [-0.15, -0.1) is 0 Å². The molecule has 0 aromatic heterocycles. The van der Waals surface area contributed by atoms with Crippen molar-refractivity contribution in [1.82, 2.24) is 0 Å². The molecule has 0 saturated carbocycles. The van der Waals surface area contributed by atoms with Crippen LogP contribution in [0.2, 0.25) is 0 Å². The number of esters is 1. The topological polar surface area (TPSA) is 64.6 Å². The summed E-state index contributed by atoms with van der Waals surface area (Å²) in [6, 6.07) is 11.7. The molecule has 126 valence electrons. The molecule has 2 rings (SSSR count). The number of halogens is 1. The van der Waals surface area contributed by atoms with Gasteiger partial charge in [-0.1, -0.05) is 15.9 Å². The van der Waals surface area contributed by atoms with Crippen LogP contribution in [0.25, 0.3) is 0 Å². The van der Waals surface area contributed by atoms with Gasteiger partial charge in [0.1, 0.15) is 5.75 Å². The average molecular weight is 392 g/mol. The van der Waals surface area contributed by atoms with Crippen LogP contribution in [0.4, 0.5) is 5.69 Å². The van der Waals surface area contributed by atoms with Crippen molar-refractivity contribution < 1.29 is 19.1 Å². The maximum atomic E-state index is 12.5. The first-order chi connectivity index (χ1) is 11.4. The van der Waals surface area contributed by atoms with Crippen LogP contribution in [-0.2, 0) is 4.74 Å². The molecular weight excluding hydrogens is 374 g/mol. The molecular formula is C18H18BrNO4. The number of benzene rings is 2. The number of ether oxygens (including phenoxy) is 2. The second kappa shape index (κ2) is 7.97. The predicted molar refractivity (Wildman–Crippen MR) is 95.6 cm³/mol. The zero-order valence-electron chi connectivity index (χ0n) is 13.6. The van der Waals surface area contributed by atoms with Crippen molar-refractivity contribution in [2.75, 3.05) is 12.4 Å². The minimum atomic E-state index is -0.424. The molecule has 1 amide bonds. The lowest BCUT2D eigenvalue weighted by molar-refractivity contribution is 0.0600. The Bertz CT molecular complexity index is 741. The third kappa shape index (κ3) is 4.58. The molecule has 0 bridgehead atoms. The lowest BCUT2D eigenvalue weighted by Gasteiger charge is -2.14. The summed E-state index contributed by atoms with van der Waals surface area (Å²) in [4.78, 5) is 24.0. The Labute approximate surface area is 149 Å². The van der Waals surface area contributed by atoms with Crippen LogP contribution in [0.3, 0.4) is 0 Å². The minimum absolute atomic E-state index is 0.0444. The number of rotatable bonds is 5. The maximum absolute atomic E-state index is 12.5. The highest BCUT2D eigenvalue weighted by atomic mass is 79.9. The molecule has 5 nitrogen and oxygen atoms in total. The highest BCUT2D eigenvalue weighted by Gasteiger charge is 2.15. The number of carbonyl (C=O) groups is 2. The highest BCUT2D eigenvalue weighted by Crippen LogP contribution is 2.25. The average Bonchev–Trinajstić information content (AvgIpc) is 2.56. The van der Waals surface area contributed by atoms with Crippen molar-refractivity contribution in [3.63, 3.8) is 0 Å². The van der Waals surface area contributed by atoms with Crippen molar-refractivity contribution in [3.8, 4) is 5.75 Å². The fraction of sp³-hybridized carbons (Fsp3) is 0.222. The summed E-state index contributed by atoms with van der Waals surface area (Å²) in [6.07, 6.45) is -0.0444. The molecule has 0 spiro atoms. The Kier molecular flexibility index (Phi) is 5.98. The monoisotopic (exact) mass is 391 g/mol. The summed E-state index contributed by atoms with van der Waals surface area (Å²) in [5.74, 6) is -0.206. The molecule has 0 fully saturated rings. The van der Waals surface area contributed by atoms with E-state index in [1.807, 2.05) is 19.9 Å². The Hall–Kier alpha value is -2.34. The summed E-state index contributed by atoms with van der Waals surface area (Å²) in [7, 11) is 1.32. The molecule has 0 aliphatic carbocycles. The number of amides is 1. The highest BCUT2D eigenvalue weighted by molar-refractivity contribution is 9.10. The summed E-state index contributed by atoms with van der Waals surface area (Å²) in [6.45, 7) is 3.80. The van der Waals surface area contributed by atoms with Gasteiger partial charge in [-0.25, -0.2) is 4.79 Å². The fourth-order valence-corrected chi connectivity index (χ4v) is 2.40. The van der Waals surface area contributed by atoms with Gasteiger partial charge in [-0.3, -0.25) is 4.79 Å². The third-order valence-electron chi connectivity index (χ3n) is 3.11. The summed E-state index contributed by atoms with van der Waals surface area (Å²) in [5, 5.41) is 2.79. The molecule has 0 aliphatic rings. The van der Waals surface area contributed by atoms with Crippen molar-refractivity contribution in [2.24, 2.45) is 0 Å². The second-order valence-corrected chi connectivity index (χ2v) is 6.25. The number of methoxy groups -OCH3 is 1. The first-order valence-electron chi connectivity index (χ1n) is 7.36. The van der Waals surface area contributed by atoms with E-state index in [1.165, 1.54) is 7.11 Å². The Morgan fingerprint density at radius 3 is 2.33 bits per heavy atom. The largest absolute Gasteiger partial charge is 0.490 e. The molecule has 1 N–H and O–H groups in total. The summed E-state index contributed by atoms with van der Waals surface area (Å²) < 4.78 is 11.1. The molecule has 6 heteroatoms. The minimum Gasteiger partial charge on any atom is -0.490 e. The van der Waals surface area contributed by atoms with E-state index >= 15 is 0 Å². The van der Waals surface area contributed by atoms with Gasteiger partial charge in [0.25, 0.3) is 5.91 Å². The smallest absolute Gasteiger partial charge is 0.337 e. The first kappa shape index (κ1) is 18.0. The molecule has 0 aliphatic heterocycles. The van der Waals surface area contributed by atoms with Crippen molar-refractivity contribution >= 4 is 33.5 Å². The van der Waals surface area contributed by atoms with Crippen molar-refractivity contribution in [2.45, 2.75) is 20.0 Å². The SMILES string of the molecule is COC(=O)c1ccc(NC(=O)c2cc(Br)ccc2OC(C)C)cc1. The van der Waals surface area contributed by atoms with E-state index in [2.05, 4.69) is 26.0 Å². The van der Waals surface area contributed by atoms with Gasteiger partial charge >= 0.3 is 5.97 Å². The fourth-order valence-electron chi connectivity index (χ4n) is 2.04. The van der Waals surface area contributed by atoms with Crippen LogP contribution in [0.15, 0.2) is 46.9 Å². The predicted octanol–water partition coefficient (Wildman–Crippen LogP) is 4.28. The molecule has 0 saturated heterocycles. The lowest BCUT2D eigenvalue weighted by atomic mass is 10.1. The van der Waals surface area contributed by atoms with Gasteiger partial charge in [-0.05, 0) is 56.3 Å². The number of carbonyl (C=O) groups excluding carboxylic acids is 2. The van der Waals surface area contributed by atoms with Crippen molar-refractivity contribution in [1.29, 1.82) is 0 Å². The third-order valence-corrected chi connectivity index (χ3v) is 3.61. The molecule has 0 atom stereocenters. The maximum Gasteiger partial charge on any atom is 0.337 e. The Balaban J connectivity index is 2.20. The van der Waals surface area contributed by atoms with E-state index in [0.717, 1.165) is 4.47 Å². The normalized spacial score (nSPS) is 10.4. The molecule has 0 unspecified atom stereocenters. The van der Waals surface area contributed by atoms with E-state index in [9.17, 15) is 9.59 Å². The number of anilines is 1. The van der Waals surface area contributed by atoms with E-state index in [0.29, 0.717) is 22.6 Å². The number of hydrogen-bond acceptors (Lipinski definition) is 4. The number of hydrogen-bond donors (Lipinski definition) is 1. The molecule has 0 heterocycles. The Morgan fingerprint density at radius 1 is 1.08 bits per heavy atom. The van der Waals surface area contributed by atoms with E-state index in [1.54, 1.807) is 36.4 Å². The van der Waals surface area contributed by atoms with Crippen LogP contribution >= 0.6 is 15.9 Å². The van der Waals surface area contributed by atoms with E-state index < -0.39 is 5.97 Å². The molecule has 2 aromatic rings. The van der Waals surface area contributed by atoms with Gasteiger partial charge in [0.15, 0.2) is 0 Å². The van der Waals surface area contributed by atoms with Crippen LogP contribution in [0.5, 0.6) is 5.75 Å². The Morgan fingerprint density at radius 2 is 1.75 bits per heavy atom. The van der Waals surface area contributed by atoms with Gasteiger partial charge in [0, 0.05) is 10.2 Å².